The Morgan fingerprint density at radius 3 is 2.92 bits per heavy atom. The normalized spacial score (nSPS) is 46.0. The molecule has 26 heavy (non-hydrogen) atoms. The van der Waals surface area contributed by atoms with Crippen molar-refractivity contribution in [2.75, 3.05) is 7.11 Å². The number of fused-ring (bicyclic) bond motifs is 1. The Morgan fingerprint density at radius 2 is 2.15 bits per heavy atom. The smallest absolute Gasteiger partial charge is 0.142 e. The molecule has 1 aliphatic heterocycles. The number of carbonyl (C=O) groups is 1. The first-order chi connectivity index (χ1) is 12.5. The van der Waals surface area contributed by atoms with Gasteiger partial charge in [0, 0.05) is 23.5 Å². The van der Waals surface area contributed by atoms with Crippen molar-refractivity contribution in [2.24, 2.45) is 17.3 Å². The summed E-state index contributed by atoms with van der Waals surface area (Å²) in [6.07, 6.45) is 10.3. The number of ketones is 1. The highest BCUT2D eigenvalue weighted by Crippen LogP contribution is 2.75. The van der Waals surface area contributed by atoms with E-state index in [1.54, 1.807) is 14.0 Å². The van der Waals surface area contributed by atoms with E-state index >= 15 is 0 Å². The molecular weight excluding hydrogens is 324 g/mol. The molecule has 1 aromatic carbocycles. The molecule has 0 unspecified atom stereocenters. The van der Waals surface area contributed by atoms with E-state index in [2.05, 4.69) is 31.2 Å². The summed E-state index contributed by atoms with van der Waals surface area (Å²) in [4.78, 5) is 12.7. The van der Waals surface area contributed by atoms with Gasteiger partial charge < -0.3 is 9.47 Å². The molecule has 136 valence electrons. The van der Waals surface area contributed by atoms with Gasteiger partial charge in [0.05, 0.1) is 5.92 Å². The first-order valence-electron chi connectivity index (χ1n) is 10.1. The summed E-state index contributed by atoms with van der Waals surface area (Å²) in [5.41, 5.74) is 3.58. The molecule has 2 saturated carbocycles. The zero-order valence-corrected chi connectivity index (χ0v) is 15.8. The minimum absolute atomic E-state index is 0.0123. The number of methoxy groups -OCH3 is 1. The number of ether oxygens (including phenoxy) is 2. The van der Waals surface area contributed by atoms with E-state index in [9.17, 15) is 4.79 Å². The van der Waals surface area contributed by atoms with Gasteiger partial charge in [0.1, 0.15) is 23.2 Å². The SMILES string of the molecule is CO[C@]12C=C[C@@]3(C[C@@H]1C(C)=O)[C@@H]1CCC[C@@]34c3c(ccc(C)c3O[C@@H]24)C1. The van der Waals surface area contributed by atoms with Gasteiger partial charge in [-0.25, -0.2) is 0 Å². The molecule has 3 heteroatoms. The molecule has 6 aliphatic rings. The number of benzene rings is 1. The molecule has 1 aromatic rings. The Kier molecular flexibility index (Phi) is 2.64. The fourth-order valence-electron chi connectivity index (χ4n) is 7.77. The maximum atomic E-state index is 12.7. The maximum Gasteiger partial charge on any atom is 0.142 e. The number of carbonyl (C=O) groups excluding carboxylic acids is 1. The van der Waals surface area contributed by atoms with E-state index in [0.29, 0.717) is 5.92 Å². The lowest BCUT2D eigenvalue weighted by atomic mass is 9.34. The Labute approximate surface area is 154 Å². The van der Waals surface area contributed by atoms with E-state index in [0.717, 1.165) is 25.0 Å². The largest absolute Gasteiger partial charge is 0.485 e. The molecule has 6 atom stereocenters. The number of hydrogen-bond donors (Lipinski definition) is 0. The molecule has 0 N–H and O–H groups in total. The first kappa shape index (κ1) is 15.4. The summed E-state index contributed by atoms with van der Waals surface area (Å²) >= 11 is 0. The Bertz CT molecular complexity index is 886. The highest BCUT2D eigenvalue weighted by Gasteiger charge is 2.78. The summed E-state index contributed by atoms with van der Waals surface area (Å²) < 4.78 is 13.0. The third-order valence-corrected chi connectivity index (χ3v) is 8.70. The number of Topliss-reactive ketones (excluding diaryl/α,β-unsaturated/α-hetero) is 1. The van der Waals surface area contributed by atoms with Crippen LogP contribution in [0.2, 0.25) is 0 Å². The molecule has 0 radical (unpaired) electrons. The van der Waals surface area contributed by atoms with Gasteiger partial charge in [-0.2, -0.15) is 0 Å². The van der Waals surface area contributed by atoms with Crippen molar-refractivity contribution in [3.05, 3.63) is 41.0 Å². The van der Waals surface area contributed by atoms with Crippen LogP contribution in [0.1, 0.15) is 49.3 Å². The van der Waals surface area contributed by atoms with Crippen molar-refractivity contribution in [3.8, 4) is 5.75 Å². The van der Waals surface area contributed by atoms with Gasteiger partial charge in [-0.1, -0.05) is 30.7 Å². The van der Waals surface area contributed by atoms with E-state index in [4.69, 9.17) is 9.47 Å². The van der Waals surface area contributed by atoms with Gasteiger partial charge in [0.25, 0.3) is 0 Å². The molecule has 4 bridgehead atoms. The van der Waals surface area contributed by atoms with Crippen LogP contribution in [-0.4, -0.2) is 24.6 Å². The first-order valence-corrected chi connectivity index (χ1v) is 10.1. The topological polar surface area (TPSA) is 35.5 Å². The van der Waals surface area contributed by atoms with Crippen molar-refractivity contribution < 1.29 is 14.3 Å². The van der Waals surface area contributed by atoms with Crippen molar-refractivity contribution in [3.63, 3.8) is 0 Å². The van der Waals surface area contributed by atoms with Crippen molar-refractivity contribution in [1.29, 1.82) is 0 Å². The lowest BCUT2D eigenvalue weighted by Gasteiger charge is -2.69. The Hall–Kier alpha value is -1.61. The van der Waals surface area contributed by atoms with Crippen LogP contribution in [0, 0.1) is 24.2 Å². The van der Waals surface area contributed by atoms with Crippen molar-refractivity contribution in [2.45, 2.75) is 63.1 Å². The highest BCUT2D eigenvalue weighted by molar-refractivity contribution is 5.82. The van der Waals surface area contributed by atoms with Gasteiger partial charge in [0.2, 0.25) is 0 Å². The average Bonchev–Trinajstić information content (AvgIpc) is 2.99. The third-order valence-electron chi connectivity index (χ3n) is 8.70. The average molecular weight is 350 g/mol. The van der Waals surface area contributed by atoms with Gasteiger partial charge >= 0.3 is 0 Å². The van der Waals surface area contributed by atoms with E-state index in [1.807, 2.05) is 0 Å². The molecule has 2 spiro atoms. The van der Waals surface area contributed by atoms with Crippen LogP contribution < -0.4 is 4.74 Å². The quantitative estimate of drug-likeness (QED) is 0.759. The highest BCUT2D eigenvalue weighted by atomic mass is 16.6. The molecule has 0 aromatic heterocycles. The van der Waals surface area contributed by atoms with Gasteiger partial charge in [-0.15, -0.1) is 0 Å². The monoisotopic (exact) mass is 350 g/mol. The number of hydrogen-bond acceptors (Lipinski definition) is 3. The van der Waals surface area contributed by atoms with E-state index in [-0.39, 0.29) is 28.6 Å². The zero-order chi connectivity index (χ0) is 17.9. The van der Waals surface area contributed by atoms with Crippen LogP contribution in [0.15, 0.2) is 24.3 Å². The lowest BCUT2D eigenvalue weighted by Crippen LogP contribution is -2.75. The predicted molar refractivity (Wildman–Crippen MR) is 98.4 cm³/mol. The second kappa shape index (κ2) is 4.44. The molecule has 0 saturated heterocycles. The number of allylic oxidation sites excluding steroid dienone is 1. The van der Waals surface area contributed by atoms with Crippen LogP contribution in [-0.2, 0) is 21.4 Å². The van der Waals surface area contributed by atoms with Crippen LogP contribution in [0.25, 0.3) is 0 Å². The van der Waals surface area contributed by atoms with Crippen LogP contribution >= 0.6 is 0 Å². The van der Waals surface area contributed by atoms with Crippen molar-refractivity contribution >= 4 is 5.78 Å². The summed E-state index contributed by atoms with van der Waals surface area (Å²) in [7, 11) is 1.76. The van der Waals surface area contributed by atoms with Crippen LogP contribution in [0.5, 0.6) is 5.75 Å². The standard InChI is InChI=1S/C23H26O3/c1-13-6-7-15-11-16-5-4-8-22-18(15)19(13)26-20(22)23(25-3)10-9-21(16,22)12-17(23)14(2)24/h6-7,9-10,16-17,20H,4-5,8,11-12H2,1-3H3/t16-,17-,20-,21-,22+,23-/m1/s1. The molecule has 1 heterocycles. The van der Waals surface area contributed by atoms with Gasteiger partial charge in [-0.05, 0) is 56.6 Å². The molecule has 7 rings (SSSR count). The predicted octanol–water partition coefficient (Wildman–Crippen LogP) is 3.90. The second-order valence-corrected chi connectivity index (χ2v) is 9.31. The fourth-order valence-corrected chi connectivity index (χ4v) is 7.77. The van der Waals surface area contributed by atoms with E-state index < -0.39 is 5.60 Å². The number of rotatable bonds is 2. The molecule has 5 aliphatic carbocycles. The van der Waals surface area contributed by atoms with Gasteiger partial charge in [0.15, 0.2) is 0 Å². The molecule has 0 amide bonds. The second-order valence-electron chi connectivity index (χ2n) is 9.31. The summed E-state index contributed by atoms with van der Waals surface area (Å²) in [5.74, 6) is 1.83. The summed E-state index contributed by atoms with van der Waals surface area (Å²) in [6, 6.07) is 4.55. The maximum absolute atomic E-state index is 12.7. The minimum atomic E-state index is -0.629. The third kappa shape index (κ3) is 1.31. The summed E-state index contributed by atoms with van der Waals surface area (Å²) in [5, 5.41) is 0. The molecule has 3 nitrogen and oxygen atoms in total. The fraction of sp³-hybridized carbons (Fsp3) is 0.609. The Morgan fingerprint density at radius 1 is 1.31 bits per heavy atom. The van der Waals surface area contributed by atoms with Gasteiger partial charge in [-0.3, -0.25) is 4.79 Å². The minimum Gasteiger partial charge on any atom is -0.485 e. The van der Waals surface area contributed by atoms with Crippen LogP contribution in [0.4, 0.5) is 0 Å². The molecular formula is C23H26O3. The van der Waals surface area contributed by atoms with Crippen molar-refractivity contribution in [1.82, 2.24) is 0 Å². The lowest BCUT2D eigenvalue weighted by molar-refractivity contribution is -0.207. The Balaban J connectivity index is 1.73. The zero-order valence-electron chi connectivity index (χ0n) is 15.8. The van der Waals surface area contributed by atoms with E-state index in [1.165, 1.54) is 29.5 Å². The molecule has 2 fully saturated rings. The number of aryl methyl sites for hydroxylation is 1. The van der Waals surface area contributed by atoms with Crippen LogP contribution in [0.3, 0.4) is 0 Å². The summed E-state index contributed by atoms with van der Waals surface area (Å²) in [6.45, 7) is 3.89.